The van der Waals surface area contributed by atoms with E-state index in [1.54, 1.807) is 17.2 Å². The number of benzene rings is 2. The summed E-state index contributed by atoms with van der Waals surface area (Å²) < 4.78 is 19.8. The average Bonchev–Trinajstić information content (AvgIpc) is 3.63. The Labute approximate surface area is 283 Å². The number of unbranched alkanes of at least 4 members (excludes halogenated alkanes) is 4. The molecule has 48 heavy (non-hydrogen) atoms. The minimum absolute atomic E-state index is 0.0678. The highest BCUT2D eigenvalue weighted by molar-refractivity contribution is 5.93. The SMILES string of the molecule is CCCCCC1(CCCCC)O[C@@H]2[C@H](O1)[C@H]1ON(Cc3cccc(C=CCc4ccccc4O)c3)[C@@H]3C(=O)O[C@@H]2C[C@]13C(=O)NCCO. The fraction of sp³-hybridized carbons (Fsp3) is 0.579. The van der Waals surface area contributed by atoms with Gasteiger partial charge in [-0.05, 0) is 42.0 Å². The van der Waals surface area contributed by atoms with Gasteiger partial charge in [0.05, 0.1) is 13.2 Å². The number of rotatable bonds is 16. The third-order valence-electron chi connectivity index (χ3n) is 10.3. The number of carbonyl (C=O) groups is 2. The lowest BCUT2D eigenvalue weighted by Crippen LogP contribution is -2.69. The number of nitrogens with zero attached hydrogens (tertiary/aromatic N) is 1. The Hall–Kier alpha value is -3.28. The average molecular weight is 663 g/mol. The topological polar surface area (TPSA) is 127 Å². The number of nitrogens with one attached hydrogen (secondary N) is 1. The van der Waals surface area contributed by atoms with Crippen molar-refractivity contribution in [3.05, 3.63) is 71.3 Å². The number of phenolic OH excluding ortho intramolecular Hbond substituents is 1. The van der Waals surface area contributed by atoms with Crippen LogP contribution in [-0.2, 0) is 41.6 Å². The van der Waals surface area contributed by atoms with Gasteiger partial charge in [-0.15, -0.1) is 0 Å². The molecule has 2 aromatic carbocycles. The Kier molecular flexibility index (Phi) is 10.9. The van der Waals surface area contributed by atoms with E-state index in [4.69, 9.17) is 19.0 Å². The monoisotopic (exact) mass is 662 g/mol. The fourth-order valence-electron chi connectivity index (χ4n) is 8.01. The number of fused-ring (bicyclic) bond motifs is 4. The van der Waals surface area contributed by atoms with Crippen LogP contribution in [0.5, 0.6) is 5.75 Å². The van der Waals surface area contributed by atoms with Gasteiger partial charge in [0.15, 0.2) is 11.8 Å². The quantitative estimate of drug-likeness (QED) is 0.164. The van der Waals surface area contributed by atoms with Crippen LogP contribution in [0.4, 0.5) is 0 Å². The predicted molar refractivity (Wildman–Crippen MR) is 179 cm³/mol. The van der Waals surface area contributed by atoms with Crippen LogP contribution in [0.15, 0.2) is 54.6 Å². The van der Waals surface area contributed by atoms with E-state index in [0.29, 0.717) is 6.42 Å². The molecule has 3 saturated heterocycles. The molecular formula is C38H50N2O8. The van der Waals surface area contributed by atoms with Crippen molar-refractivity contribution in [3.8, 4) is 5.75 Å². The van der Waals surface area contributed by atoms with Crippen molar-refractivity contribution in [1.82, 2.24) is 10.4 Å². The third-order valence-corrected chi connectivity index (χ3v) is 10.3. The molecule has 3 heterocycles. The molecule has 1 aliphatic carbocycles. The minimum Gasteiger partial charge on any atom is -0.508 e. The lowest BCUT2D eigenvalue weighted by molar-refractivity contribution is -0.224. The molecule has 2 bridgehead atoms. The molecule has 10 nitrogen and oxygen atoms in total. The van der Waals surface area contributed by atoms with Gasteiger partial charge in [-0.1, -0.05) is 94.1 Å². The summed E-state index contributed by atoms with van der Waals surface area (Å²) in [6, 6.07) is 14.2. The fourth-order valence-corrected chi connectivity index (χ4v) is 8.01. The van der Waals surface area contributed by atoms with E-state index >= 15 is 0 Å². The predicted octanol–water partition coefficient (Wildman–Crippen LogP) is 5.20. The summed E-state index contributed by atoms with van der Waals surface area (Å²) in [7, 11) is 0. The summed E-state index contributed by atoms with van der Waals surface area (Å²) in [5.74, 6) is -1.41. The van der Waals surface area contributed by atoms with Crippen molar-refractivity contribution < 1.29 is 38.9 Å². The first-order valence-corrected chi connectivity index (χ1v) is 17.7. The molecule has 260 valence electrons. The number of carbonyl (C=O) groups excluding carboxylic acids is 2. The van der Waals surface area contributed by atoms with Gasteiger partial charge in [-0.3, -0.25) is 14.4 Å². The van der Waals surface area contributed by atoms with Crippen LogP contribution in [0.2, 0.25) is 0 Å². The summed E-state index contributed by atoms with van der Waals surface area (Å²) in [6.07, 6.45) is 9.89. The molecule has 3 aliphatic heterocycles. The van der Waals surface area contributed by atoms with Crippen molar-refractivity contribution in [2.24, 2.45) is 5.41 Å². The summed E-state index contributed by atoms with van der Waals surface area (Å²) in [5.41, 5.74) is 1.43. The largest absolute Gasteiger partial charge is 0.508 e. The molecule has 2 aromatic rings. The number of hydrogen-bond donors (Lipinski definition) is 3. The number of aromatic hydroxyl groups is 1. The first-order chi connectivity index (χ1) is 23.3. The van der Waals surface area contributed by atoms with E-state index in [9.17, 15) is 19.8 Å². The minimum atomic E-state index is -1.27. The van der Waals surface area contributed by atoms with Gasteiger partial charge in [-0.2, -0.15) is 5.06 Å². The number of hydroxylamine groups is 2. The highest BCUT2D eigenvalue weighted by Crippen LogP contribution is 2.58. The standard InChI is InChI=1S/C38H50N2O8/c1-3-5-9-19-37(20-10-6-4-2)46-31-30-24-38(36(44)39-21-22-41)33(35(43)45-30)40(48-34(38)32(31)47-37)25-27-15-11-13-26(23-27)14-12-17-28-16-7-8-18-29(28)42/h7-8,11-16,18,23,30-34,41-42H,3-6,9-10,17,19-22,24-25H2,1-2H3,(H,39,44)/t30-,31+,32+,33-,34-,38-/m1/s1. The van der Waals surface area contributed by atoms with E-state index in [1.807, 2.05) is 48.6 Å². The number of para-hydroxylation sites is 1. The van der Waals surface area contributed by atoms with Gasteiger partial charge >= 0.3 is 5.97 Å². The normalized spacial score (nSPS) is 28.8. The molecule has 10 heteroatoms. The van der Waals surface area contributed by atoms with Gasteiger partial charge in [0.1, 0.15) is 35.6 Å². The van der Waals surface area contributed by atoms with E-state index in [-0.39, 0.29) is 37.8 Å². The zero-order chi connectivity index (χ0) is 33.7. The third kappa shape index (κ3) is 6.78. The number of esters is 1. The van der Waals surface area contributed by atoms with Gasteiger partial charge in [0.2, 0.25) is 5.91 Å². The van der Waals surface area contributed by atoms with Crippen molar-refractivity contribution in [3.63, 3.8) is 0 Å². The van der Waals surface area contributed by atoms with Crippen LogP contribution in [-0.4, -0.2) is 76.5 Å². The van der Waals surface area contributed by atoms with Crippen LogP contribution < -0.4 is 5.32 Å². The maximum Gasteiger partial charge on any atom is 0.327 e. The number of aliphatic hydroxyl groups is 1. The maximum absolute atomic E-state index is 14.1. The molecule has 0 aromatic heterocycles. The van der Waals surface area contributed by atoms with Crippen molar-refractivity contribution in [1.29, 1.82) is 0 Å². The Morgan fingerprint density at radius 1 is 1.02 bits per heavy atom. The van der Waals surface area contributed by atoms with E-state index in [0.717, 1.165) is 68.1 Å². The molecular weight excluding hydrogens is 612 g/mol. The molecule has 4 aliphatic rings. The molecule has 6 atom stereocenters. The molecule has 6 rings (SSSR count). The summed E-state index contributed by atoms with van der Waals surface area (Å²) in [6.45, 7) is 4.43. The summed E-state index contributed by atoms with van der Waals surface area (Å²) >= 11 is 0. The second kappa shape index (κ2) is 15.1. The highest BCUT2D eigenvalue weighted by Gasteiger charge is 2.76. The van der Waals surface area contributed by atoms with Crippen LogP contribution in [0.1, 0.15) is 88.3 Å². The molecule has 0 spiro atoms. The van der Waals surface area contributed by atoms with Gasteiger partial charge in [0, 0.05) is 25.8 Å². The second-order valence-corrected chi connectivity index (χ2v) is 13.7. The smallest absolute Gasteiger partial charge is 0.327 e. The van der Waals surface area contributed by atoms with Crippen LogP contribution in [0, 0.1) is 5.41 Å². The maximum atomic E-state index is 14.1. The lowest BCUT2D eigenvalue weighted by Gasteiger charge is -2.48. The molecule has 4 fully saturated rings. The number of ether oxygens (including phenoxy) is 3. The van der Waals surface area contributed by atoms with Crippen molar-refractivity contribution >= 4 is 18.0 Å². The molecule has 1 amide bonds. The Bertz CT molecular complexity index is 1450. The first-order valence-electron chi connectivity index (χ1n) is 17.7. The number of hydrogen-bond acceptors (Lipinski definition) is 9. The number of allylic oxidation sites excluding steroid dienone is 1. The number of amides is 1. The van der Waals surface area contributed by atoms with Crippen LogP contribution in [0.25, 0.3) is 6.08 Å². The molecule has 0 radical (unpaired) electrons. The van der Waals surface area contributed by atoms with Crippen molar-refractivity contribution in [2.45, 2.75) is 121 Å². The van der Waals surface area contributed by atoms with Gasteiger partial charge in [-0.25, -0.2) is 0 Å². The van der Waals surface area contributed by atoms with Gasteiger partial charge < -0.3 is 29.7 Å². The first kappa shape index (κ1) is 34.6. The zero-order valence-corrected chi connectivity index (χ0v) is 28.1. The molecule has 3 N–H and O–H groups in total. The second-order valence-electron chi connectivity index (χ2n) is 13.7. The Morgan fingerprint density at radius 3 is 2.50 bits per heavy atom. The highest BCUT2D eigenvalue weighted by atomic mass is 16.8. The number of aliphatic hydroxyl groups excluding tert-OH is 1. The Balaban J connectivity index is 1.27. The van der Waals surface area contributed by atoms with Crippen LogP contribution >= 0.6 is 0 Å². The Morgan fingerprint density at radius 2 is 1.77 bits per heavy atom. The number of phenols is 1. The molecule has 0 unspecified atom stereocenters. The van der Waals surface area contributed by atoms with E-state index < -0.39 is 47.6 Å². The zero-order valence-electron chi connectivity index (χ0n) is 28.1. The summed E-state index contributed by atoms with van der Waals surface area (Å²) in [5, 5.41) is 24.1. The van der Waals surface area contributed by atoms with E-state index in [1.165, 1.54) is 0 Å². The van der Waals surface area contributed by atoms with Crippen LogP contribution in [0.3, 0.4) is 0 Å². The van der Waals surface area contributed by atoms with Crippen molar-refractivity contribution in [2.75, 3.05) is 13.2 Å². The lowest BCUT2D eigenvalue weighted by atomic mass is 9.62. The van der Waals surface area contributed by atoms with Gasteiger partial charge in [0.25, 0.3) is 0 Å². The molecule has 1 saturated carbocycles. The summed E-state index contributed by atoms with van der Waals surface area (Å²) in [4.78, 5) is 34.7. The van der Waals surface area contributed by atoms with E-state index in [2.05, 4.69) is 19.2 Å².